The molecule has 1 aromatic heterocycles. The summed E-state index contributed by atoms with van der Waals surface area (Å²) in [7, 11) is 0. The number of aromatic nitrogens is 3. The number of halogens is 3. The zero-order valence-electron chi connectivity index (χ0n) is 18.4. The van der Waals surface area contributed by atoms with Gasteiger partial charge in [0.05, 0.1) is 5.02 Å². The Morgan fingerprint density at radius 2 is 1.86 bits per heavy atom. The zero-order valence-corrected chi connectivity index (χ0v) is 20.0. The summed E-state index contributed by atoms with van der Waals surface area (Å²) >= 11 is 7.57. The van der Waals surface area contributed by atoms with E-state index in [1.165, 1.54) is 24.3 Å². The molecule has 0 fully saturated rings. The maximum absolute atomic E-state index is 13.4. The standard InChI is InChI=1S/C24H19ClF2N4O3S/c1-15-28-29-24(31(15)20-8-6-18(26)7-9-20)35-23(13-30(32)33)17-5-10-22(21(25)12-17)34-14-16-3-2-4-19(27)11-16/h2-12,23H,13-14H2,1H3/t23-/m0/s1. The molecule has 0 spiro atoms. The van der Waals surface area contributed by atoms with Gasteiger partial charge in [0.2, 0.25) is 6.54 Å². The van der Waals surface area contributed by atoms with Gasteiger partial charge in [0, 0.05) is 10.6 Å². The summed E-state index contributed by atoms with van der Waals surface area (Å²) in [5, 5.41) is 19.7. The van der Waals surface area contributed by atoms with Crippen molar-refractivity contribution in [2.24, 2.45) is 0 Å². The average Bonchev–Trinajstić information content (AvgIpc) is 3.18. The van der Waals surface area contributed by atoms with Gasteiger partial charge in [-0.15, -0.1) is 10.2 Å². The van der Waals surface area contributed by atoms with E-state index in [1.54, 1.807) is 54.0 Å². The van der Waals surface area contributed by atoms with Crippen LogP contribution in [0, 0.1) is 28.7 Å². The molecule has 1 atom stereocenters. The molecule has 0 aliphatic heterocycles. The number of rotatable bonds is 9. The highest BCUT2D eigenvalue weighted by atomic mass is 35.5. The lowest BCUT2D eigenvalue weighted by molar-refractivity contribution is -0.479. The van der Waals surface area contributed by atoms with Crippen molar-refractivity contribution in [2.75, 3.05) is 6.54 Å². The third kappa shape index (κ3) is 6.14. The molecule has 0 aliphatic carbocycles. The van der Waals surface area contributed by atoms with Crippen LogP contribution in [-0.2, 0) is 6.61 Å². The van der Waals surface area contributed by atoms with Crippen molar-refractivity contribution in [3.63, 3.8) is 0 Å². The smallest absolute Gasteiger partial charge is 0.220 e. The lowest BCUT2D eigenvalue weighted by atomic mass is 10.1. The molecule has 35 heavy (non-hydrogen) atoms. The number of aryl methyl sites for hydroxylation is 1. The Bertz CT molecular complexity index is 1350. The number of nitrogens with zero attached hydrogens (tertiary/aromatic N) is 4. The Hall–Kier alpha value is -3.50. The molecule has 0 saturated carbocycles. The van der Waals surface area contributed by atoms with Gasteiger partial charge >= 0.3 is 0 Å². The monoisotopic (exact) mass is 516 g/mol. The summed E-state index contributed by atoms with van der Waals surface area (Å²) in [4.78, 5) is 11.0. The van der Waals surface area contributed by atoms with E-state index in [2.05, 4.69) is 10.2 Å². The fraction of sp³-hybridized carbons (Fsp3) is 0.167. The second kappa shape index (κ2) is 10.8. The first-order chi connectivity index (χ1) is 16.8. The molecule has 0 radical (unpaired) electrons. The highest BCUT2D eigenvalue weighted by molar-refractivity contribution is 7.99. The number of benzene rings is 3. The molecule has 0 saturated heterocycles. The predicted molar refractivity (Wildman–Crippen MR) is 129 cm³/mol. The lowest BCUT2D eigenvalue weighted by Gasteiger charge is -2.16. The quantitative estimate of drug-likeness (QED) is 0.150. The van der Waals surface area contributed by atoms with E-state index in [9.17, 15) is 18.9 Å². The van der Waals surface area contributed by atoms with Crippen molar-refractivity contribution in [1.82, 2.24) is 14.8 Å². The van der Waals surface area contributed by atoms with Crippen LogP contribution in [0.1, 0.15) is 22.2 Å². The molecule has 0 unspecified atom stereocenters. The van der Waals surface area contributed by atoms with Gasteiger partial charge in [-0.25, -0.2) is 8.78 Å². The molecule has 0 aliphatic rings. The maximum atomic E-state index is 13.4. The van der Waals surface area contributed by atoms with Crippen LogP contribution in [0.25, 0.3) is 5.69 Å². The second-order valence-electron chi connectivity index (χ2n) is 7.57. The third-order valence-electron chi connectivity index (χ3n) is 5.05. The molecule has 0 amide bonds. The van der Waals surface area contributed by atoms with Gasteiger partial charge in [0.15, 0.2) is 5.16 Å². The summed E-state index contributed by atoms with van der Waals surface area (Å²) in [6, 6.07) is 16.8. The molecule has 0 bridgehead atoms. The number of hydrogen-bond acceptors (Lipinski definition) is 6. The van der Waals surface area contributed by atoms with Crippen LogP contribution in [0.15, 0.2) is 71.9 Å². The summed E-state index contributed by atoms with van der Waals surface area (Å²) in [5.74, 6) is 0.179. The molecular formula is C24H19ClF2N4O3S. The minimum atomic E-state index is -0.637. The Morgan fingerprint density at radius 1 is 1.09 bits per heavy atom. The largest absolute Gasteiger partial charge is 0.487 e. The maximum Gasteiger partial charge on any atom is 0.220 e. The van der Waals surface area contributed by atoms with Crippen LogP contribution in [0.2, 0.25) is 5.02 Å². The van der Waals surface area contributed by atoms with Gasteiger partial charge in [0.25, 0.3) is 0 Å². The summed E-state index contributed by atoms with van der Waals surface area (Å²) in [6.45, 7) is 1.47. The van der Waals surface area contributed by atoms with Crippen molar-refractivity contribution in [2.45, 2.75) is 23.9 Å². The summed E-state index contributed by atoms with van der Waals surface area (Å²) < 4.78 is 34.2. The second-order valence-corrected chi connectivity index (χ2v) is 9.15. The van der Waals surface area contributed by atoms with E-state index in [-0.39, 0.29) is 29.8 Å². The fourth-order valence-corrected chi connectivity index (χ4v) is 4.81. The molecule has 4 aromatic rings. The number of nitro groups is 1. The van der Waals surface area contributed by atoms with Gasteiger partial charge < -0.3 is 4.74 Å². The first-order valence-electron chi connectivity index (χ1n) is 10.4. The highest BCUT2D eigenvalue weighted by Gasteiger charge is 2.24. The van der Waals surface area contributed by atoms with Crippen LogP contribution in [0.3, 0.4) is 0 Å². The van der Waals surface area contributed by atoms with E-state index in [4.69, 9.17) is 16.3 Å². The number of thioether (sulfide) groups is 1. The van der Waals surface area contributed by atoms with Gasteiger partial charge in [-0.2, -0.15) is 0 Å². The zero-order chi connectivity index (χ0) is 24.9. The first kappa shape index (κ1) is 24.6. The van der Waals surface area contributed by atoms with Crippen LogP contribution < -0.4 is 4.74 Å². The fourth-order valence-electron chi connectivity index (χ4n) is 3.40. The highest BCUT2D eigenvalue weighted by Crippen LogP contribution is 2.38. The van der Waals surface area contributed by atoms with Gasteiger partial charge in [-0.05, 0) is 66.6 Å². The molecule has 1 heterocycles. The number of ether oxygens (including phenoxy) is 1. The summed E-state index contributed by atoms with van der Waals surface area (Å²) in [6.07, 6.45) is 0. The third-order valence-corrected chi connectivity index (χ3v) is 6.53. The van der Waals surface area contributed by atoms with Crippen LogP contribution in [0.5, 0.6) is 5.75 Å². The van der Waals surface area contributed by atoms with Crippen LogP contribution in [0.4, 0.5) is 8.78 Å². The van der Waals surface area contributed by atoms with Crippen LogP contribution in [-0.4, -0.2) is 26.2 Å². The van der Waals surface area contributed by atoms with E-state index in [0.29, 0.717) is 33.5 Å². The topological polar surface area (TPSA) is 83.1 Å². The Labute approximate surface area is 208 Å². The van der Waals surface area contributed by atoms with E-state index >= 15 is 0 Å². The lowest BCUT2D eigenvalue weighted by Crippen LogP contribution is -2.11. The minimum Gasteiger partial charge on any atom is -0.487 e. The average molecular weight is 517 g/mol. The van der Waals surface area contributed by atoms with E-state index < -0.39 is 10.2 Å². The van der Waals surface area contributed by atoms with Gasteiger partial charge in [0.1, 0.15) is 35.1 Å². The SMILES string of the molecule is Cc1nnc(S[C@@H](C[N+](=O)[O-])c2ccc(OCc3cccc(F)c3)c(Cl)c2)n1-c1ccc(F)cc1. The van der Waals surface area contributed by atoms with Gasteiger partial charge in [-0.3, -0.25) is 14.7 Å². The molecule has 3 aromatic carbocycles. The molecular weight excluding hydrogens is 498 g/mol. The van der Waals surface area contributed by atoms with Crippen molar-refractivity contribution in [3.05, 3.63) is 110 Å². The van der Waals surface area contributed by atoms with Crippen LogP contribution >= 0.6 is 23.4 Å². The van der Waals surface area contributed by atoms with Crippen molar-refractivity contribution in [3.8, 4) is 11.4 Å². The van der Waals surface area contributed by atoms with E-state index in [1.807, 2.05) is 0 Å². The van der Waals surface area contributed by atoms with Crippen molar-refractivity contribution >= 4 is 23.4 Å². The Kier molecular flexibility index (Phi) is 7.62. The van der Waals surface area contributed by atoms with E-state index in [0.717, 1.165) is 11.8 Å². The molecule has 0 N–H and O–H groups in total. The first-order valence-corrected chi connectivity index (χ1v) is 11.7. The minimum absolute atomic E-state index is 0.115. The molecule has 7 nitrogen and oxygen atoms in total. The Balaban J connectivity index is 1.57. The van der Waals surface area contributed by atoms with Crippen molar-refractivity contribution in [1.29, 1.82) is 0 Å². The molecule has 4 rings (SSSR count). The predicted octanol–water partition coefficient (Wildman–Crippen LogP) is 6.20. The molecule has 11 heteroatoms. The van der Waals surface area contributed by atoms with Gasteiger partial charge in [-0.1, -0.05) is 41.6 Å². The Morgan fingerprint density at radius 3 is 2.54 bits per heavy atom. The number of hydrogen-bond donors (Lipinski definition) is 0. The van der Waals surface area contributed by atoms with Crippen molar-refractivity contribution < 1.29 is 18.4 Å². The normalized spacial score (nSPS) is 11.9. The molecule has 180 valence electrons. The summed E-state index contributed by atoms with van der Waals surface area (Å²) in [5.41, 5.74) is 1.87.